The van der Waals surface area contributed by atoms with Gasteiger partial charge in [-0.15, -0.1) is 0 Å². The highest BCUT2D eigenvalue weighted by molar-refractivity contribution is 9.10. The molecule has 7 heteroatoms. The second-order valence-corrected chi connectivity index (χ2v) is 8.02. The quantitative estimate of drug-likeness (QED) is 0.309. The van der Waals surface area contributed by atoms with E-state index in [1.165, 1.54) is 0 Å². The van der Waals surface area contributed by atoms with Crippen molar-refractivity contribution in [3.05, 3.63) is 97.4 Å². The van der Waals surface area contributed by atoms with Crippen LogP contribution >= 0.6 is 43.5 Å². The van der Waals surface area contributed by atoms with E-state index in [2.05, 4.69) is 42.4 Å². The Balaban J connectivity index is 1.58. The van der Waals surface area contributed by atoms with Gasteiger partial charge in [-0.2, -0.15) is 5.10 Å². The molecule has 0 radical (unpaired) electrons. The number of benzene rings is 3. The predicted molar refractivity (Wildman–Crippen MR) is 119 cm³/mol. The first-order valence-electron chi connectivity index (χ1n) is 8.27. The predicted octanol–water partition coefficient (Wildman–Crippen LogP) is 6.21. The Morgan fingerprint density at radius 3 is 2.57 bits per heavy atom. The van der Waals surface area contributed by atoms with Gasteiger partial charge in [-0.1, -0.05) is 45.7 Å². The standard InChI is InChI=1S/C21H15Br2ClN2O2/c22-17-3-1-2-16(11-17)21(27)26-25-12-15-6-9-20(19(23)10-15)28-13-14-4-7-18(24)8-5-14/h1-12H,13H2,(H,26,27)/b25-12-. The molecule has 0 aromatic heterocycles. The number of hydrogen-bond acceptors (Lipinski definition) is 3. The topological polar surface area (TPSA) is 50.7 Å². The van der Waals surface area contributed by atoms with Gasteiger partial charge in [-0.3, -0.25) is 4.79 Å². The molecule has 0 aliphatic carbocycles. The molecule has 3 aromatic rings. The van der Waals surface area contributed by atoms with Gasteiger partial charge in [0.25, 0.3) is 5.91 Å². The van der Waals surface area contributed by atoms with Crippen LogP contribution < -0.4 is 10.2 Å². The van der Waals surface area contributed by atoms with Crippen LogP contribution in [0.2, 0.25) is 5.02 Å². The van der Waals surface area contributed by atoms with Crippen molar-refractivity contribution < 1.29 is 9.53 Å². The molecule has 28 heavy (non-hydrogen) atoms. The lowest BCUT2D eigenvalue weighted by Gasteiger charge is -2.09. The van der Waals surface area contributed by atoms with Crippen LogP contribution in [0.25, 0.3) is 0 Å². The molecule has 0 bridgehead atoms. The molecule has 0 atom stereocenters. The van der Waals surface area contributed by atoms with E-state index in [0.29, 0.717) is 22.9 Å². The Morgan fingerprint density at radius 2 is 1.86 bits per heavy atom. The molecule has 0 aliphatic rings. The summed E-state index contributed by atoms with van der Waals surface area (Å²) in [6.07, 6.45) is 1.57. The van der Waals surface area contributed by atoms with Gasteiger partial charge in [-0.05, 0) is 75.6 Å². The average Bonchev–Trinajstić information content (AvgIpc) is 2.68. The first kappa shape index (κ1) is 20.6. The minimum absolute atomic E-state index is 0.278. The molecule has 1 amide bonds. The van der Waals surface area contributed by atoms with Gasteiger partial charge >= 0.3 is 0 Å². The molecule has 3 aromatic carbocycles. The number of rotatable bonds is 6. The molecular formula is C21H15Br2ClN2O2. The van der Waals surface area contributed by atoms with Gasteiger partial charge in [0.2, 0.25) is 0 Å². The Kier molecular flexibility index (Phi) is 7.25. The zero-order valence-corrected chi connectivity index (χ0v) is 18.5. The summed E-state index contributed by atoms with van der Waals surface area (Å²) >= 11 is 12.7. The fourth-order valence-corrected chi connectivity index (χ4v) is 3.35. The van der Waals surface area contributed by atoms with Crippen molar-refractivity contribution in [3.63, 3.8) is 0 Å². The molecule has 0 saturated carbocycles. The number of hydrogen-bond donors (Lipinski definition) is 1. The Morgan fingerprint density at radius 1 is 1.07 bits per heavy atom. The molecule has 0 heterocycles. The first-order valence-corrected chi connectivity index (χ1v) is 10.2. The molecule has 0 spiro atoms. The van der Waals surface area contributed by atoms with E-state index >= 15 is 0 Å². The van der Waals surface area contributed by atoms with Crippen molar-refractivity contribution in [1.82, 2.24) is 5.43 Å². The van der Waals surface area contributed by atoms with E-state index in [4.69, 9.17) is 16.3 Å². The SMILES string of the molecule is O=C(N/N=C\c1ccc(OCc2ccc(Cl)cc2)c(Br)c1)c1cccc(Br)c1. The molecule has 0 fully saturated rings. The lowest BCUT2D eigenvalue weighted by Crippen LogP contribution is -2.17. The summed E-state index contributed by atoms with van der Waals surface area (Å²) in [6.45, 7) is 0.436. The third-order valence-electron chi connectivity index (χ3n) is 3.73. The van der Waals surface area contributed by atoms with E-state index in [1.54, 1.807) is 24.4 Å². The second-order valence-electron chi connectivity index (χ2n) is 5.81. The summed E-state index contributed by atoms with van der Waals surface area (Å²) in [7, 11) is 0. The van der Waals surface area contributed by atoms with Gasteiger partial charge in [-0.25, -0.2) is 5.43 Å². The number of hydrazone groups is 1. The smallest absolute Gasteiger partial charge is 0.271 e. The average molecular weight is 523 g/mol. The molecular weight excluding hydrogens is 508 g/mol. The highest BCUT2D eigenvalue weighted by Gasteiger charge is 2.05. The van der Waals surface area contributed by atoms with Crippen LogP contribution in [0.1, 0.15) is 21.5 Å². The van der Waals surface area contributed by atoms with Crippen LogP contribution in [-0.4, -0.2) is 12.1 Å². The van der Waals surface area contributed by atoms with Crippen LogP contribution in [0.15, 0.2) is 80.8 Å². The number of carbonyl (C=O) groups is 1. The van der Waals surface area contributed by atoms with Crippen molar-refractivity contribution in [3.8, 4) is 5.75 Å². The van der Waals surface area contributed by atoms with Crippen molar-refractivity contribution in [2.24, 2.45) is 5.10 Å². The monoisotopic (exact) mass is 520 g/mol. The number of nitrogens with zero attached hydrogens (tertiary/aromatic N) is 1. The number of amides is 1. The number of carbonyl (C=O) groups excluding carboxylic acids is 1. The maximum atomic E-state index is 12.1. The normalized spacial score (nSPS) is 10.8. The lowest BCUT2D eigenvalue weighted by molar-refractivity contribution is 0.0955. The molecule has 4 nitrogen and oxygen atoms in total. The van der Waals surface area contributed by atoms with Crippen molar-refractivity contribution >= 4 is 55.6 Å². The zero-order chi connectivity index (χ0) is 19.9. The van der Waals surface area contributed by atoms with E-state index in [1.807, 2.05) is 48.5 Å². The Bertz CT molecular complexity index is 1010. The summed E-state index contributed by atoms with van der Waals surface area (Å²) in [4.78, 5) is 12.1. The molecule has 0 saturated heterocycles. The first-order chi connectivity index (χ1) is 13.5. The van der Waals surface area contributed by atoms with E-state index in [-0.39, 0.29) is 5.91 Å². The third-order valence-corrected chi connectivity index (χ3v) is 5.09. The Hall–Kier alpha value is -2.15. The number of nitrogens with one attached hydrogen (secondary N) is 1. The van der Waals surface area contributed by atoms with Crippen LogP contribution in [-0.2, 0) is 6.61 Å². The molecule has 0 unspecified atom stereocenters. The Labute approximate surface area is 184 Å². The number of halogens is 3. The van der Waals surface area contributed by atoms with Gasteiger partial charge in [0.15, 0.2) is 0 Å². The van der Waals surface area contributed by atoms with E-state index < -0.39 is 0 Å². The van der Waals surface area contributed by atoms with Crippen molar-refractivity contribution in [2.45, 2.75) is 6.61 Å². The minimum atomic E-state index is -0.278. The summed E-state index contributed by atoms with van der Waals surface area (Å²) < 4.78 is 7.45. The van der Waals surface area contributed by atoms with Crippen LogP contribution in [0, 0.1) is 0 Å². The summed E-state index contributed by atoms with van der Waals surface area (Å²) in [5.74, 6) is 0.435. The third kappa shape index (κ3) is 5.92. The van der Waals surface area contributed by atoms with E-state index in [0.717, 1.165) is 20.1 Å². The second kappa shape index (κ2) is 9.87. The van der Waals surface area contributed by atoms with Crippen LogP contribution in [0.5, 0.6) is 5.75 Å². The summed E-state index contributed by atoms with van der Waals surface area (Å²) in [5.41, 5.74) is 4.88. The molecule has 0 aliphatic heterocycles. The van der Waals surface area contributed by atoms with Gasteiger partial charge in [0.05, 0.1) is 10.7 Å². The maximum absolute atomic E-state index is 12.1. The van der Waals surface area contributed by atoms with Gasteiger partial charge < -0.3 is 4.74 Å². The minimum Gasteiger partial charge on any atom is -0.488 e. The van der Waals surface area contributed by atoms with Crippen LogP contribution in [0.4, 0.5) is 0 Å². The van der Waals surface area contributed by atoms with E-state index in [9.17, 15) is 4.79 Å². The van der Waals surface area contributed by atoms with Gasteiger partial charge in [0, 0.05) is 15.1 Å². The molecule has 142 valence electrons. The summed E-state index contributed by atoms with van der Waals surface area (Å²) in [5, 5.41) is 4.70. The van der Waals surface area contributed by atoms with Crippen molar-refractivity contribution in [2.75, 3.05) is 0 Å². The molecule has 1 N–H and O–H groups in total. The van der Waals surface area contributed by atoms with Crippen LogP contribution in [0.3, 0.4) is 0 Å². The number of ether oxygens (including phenoxy) is 1. The van der Waals surface area contributed by atoms with Crippen molar-refractivity contribution in [1.29, 1.82) is 0 Å². The maximum Gasteiger partial charge on any atom is 0.271 e. The highest BCUT2D eigenvalue weighted by atomic mass is 79.9. The lowest BCUT2D eigenvalue weighted by atomic mass is 10.2. The molecule has 3 rings (SSSR count). The fraction of sp³-hybridized carbons (Fsp3) is 0.0476. The highest BCUT2D eigenvalue weighted by Crippen LogP contribution is 2.26. The van der Waals surface area contributed by atoms with Gasteiger partial charge in [0.1, 0.15) is 12.4 Å². The fourth-order valence-electron chi connectivity index (χ4n) is 2.32. The summed E-state index contributed by atoms with van der Waals surface area (Å²) in [6, 6.07) is 20.2. The zero-order valence-electron chi connectivity index (χ0n) is 14.5. The largest absolute Gasteiger partial charge is 0.488 e.